The third-order valence-corrected chi connectivity index (χ3v) is 3.85. The molecular weight excluding hydrogens is 252 g/mol. The number of nitrogen functional groups attached to an aromatic ring is 1. The van der Waals surface area contributed by atoms with Crippen LogP contribution in [0.3, 0.4) is 0 Å². The minimum Gasteiger partial charge on any atom is -0.481 e. The zero-order chi connectivity index (χ0) is 14.0. The van der Waals surface area contributed by atoms with E-state index in [1.165, 1.54) is 4.90 Å². The summed E-state index contributed by atoms with van der Waals surface area (Å²) in [4.78, 5) is 24.9. The minimum atomic E-state index is -0.801. The number of anilines is 1. The van der Waals surface area contributed by atoms with Crippen LogP contribution in [0, 0.1) is 5.41 Å². The Morgan fingerprint density at radius 3 is 2.47 bits per heavy atom. The highest BCUT2D eigenvalue weighted by Crippen LogP contribution is 2.35. The molecule has 0 aliphatic carbocycles. The Morgan fingerprint density at radius 1 is 1.42 bits per heavy atom. The fourth-order valence-corrected chi connectivity index (χ4v) is 2.35. The first kappa shape index (κ1) is 13.3. The molecule has 1 aromatic heterocycles. The smallest absolute Gasteiger partial charge is 0.309 e. The molecule has 1 amide bonds. The van der Waals surface area contributed by atoms with Gasteiger partial charge >= 0.3 is 5.97 Å². The Morgan fingerprint density at radius 2 is 2.05 bits per heavy atom. The SMILES string of the molecule is CCC1(C(=O)O)CCN(C(=O)c2nonc2N)CC1. The average Bonchev–Trinajstić information content (AvgIpc) is 2.84. The fraction of sp³-hybridized carbons (Fsp3) is 0.636. The average molecular weight is 268 g/mol. The third kappa shape index (κ3) is 2.25. The first-order valence-corrected chi connectivity index (χ1v) is 6.11. The van der Waals surface area contributed by atoms with E-state index >= 15 is 0 Å². The van der Waals surface area contributed by atoms with Gasteiger partial charge in [-0.1, -0.05) is 6.92 Å². The van der Waals surface area contributed by atoms with Crippen molar-refractivity contribution in [2.75, 3.05) is 18.8 Å². The van der Waals surface area contributed by atoms with Gasteiger partial charge in [-0.15, -0.1) is 0 Å². The Bertz CT molecular complexity index is 491. The van der Waals surface area contributed by atoms with Crippen molar-refractivity contribution < 1.29 is 19.3 Å². The number of hydrogen-bond donors (Lipinski definition) is 2. The van der Waals surface area contributed by atoms with Crippen molar-refractivity contribution in [1.82, 2.24) is 15.2 Å². The van der Waals surface area contributed by atoms with E-state index in [-0.39, 0.29) is 17.4 Å². The number of piperidine rings is 1. The van der Waals surface area contributed by atoms with Crippen molar-refractivity contribution in [2.24, 2.45) is 5.41 Å². The molecule has 19 heavy (non-hydrogen) atoms. The number of nitrogens with zero attached hydrogens (tertiary/aromatic N) is 3. The number of carbonyl (C=O) groups excluding carboxylic acids is 1. The topological polar surface area (TPSA) is 123 Å². The highest BCUT2D eigenvalue weighted by Gasteiger charge is 2.41. The fourth-order valence-electron chi connectivity index (χ4n) is 2.35. The van der Waals surface area contributed by atoms with E-state index in [0.717, 1.165) is 0 Å². The third-order valence-electron chi connectivity index (χ3n) is 3.85. The first-order valence-electron chi connectivity index (χ1n) is 6.11. The lowest BCUT2D eigenvalue weighted by Gasteiger charge is -2.37. The number of carboxylic acid groups (broad SMARTS) is 1. The van der Waals surface area contributed by atoms with Crippen LogP contribution in [-0.4, -0.2) is 45.3 Å². The number of aliphatic carboxylic acids is 1. The molecule has 0 spiro atoms. The van der Waals surface area contributed by atoms with Gasteiger partial charge in [-0.3, -0.25) is 9.59 Å². The highest BCUT2D eigenvalue weighted by molar-refractivity contribution is 5.96. The summed E-state index contributed by atoms with van der Waals surface area (Å²) in [5, 5.41) is 16.1. The lowest BCUT2D eigenvalue weighted by molar-refractivity contribution is -0.152. The maximum Gasteiger partial charge on any atom is 0.309 e. The van der Waals surface area contributed by atoms with Gasteiger partial charge < -0.3 is 15.7 Å². The Kier molecular flexibility index (Phi) is 3.41. The lowest BCUT2D eigenvalue weighted by Crippen LogP contribution is -2.46. The van der Waals surface area contributed by atoms with E-state index in [0.29, 0.717) is 32.4 Å². The predicted octanol–water partition coefficient (Wildman–Crippen LogP) is 0.369. The molecule has 0 saturated carbocycles. The maximum atomic E-state index is 12.1. The highest BCUT2D eigenvalue weighted by atomic mass is 16.6. The van der Waals surface area contributed by atoms with Gasteiger partial charge in [-0.2, -0.15) is 0 Å². The van der Waals surface area contributed by atoms with Gasteiger partial charge in [0.1, 0.15) is 0 Å². The monoisotopic (exact) mass is 268 g/mol. The summed E-state index contributed by atoms with van der Waals surface area (Å²) in [6.45, 7) is 2.59. The van der Waals surface area contributed by atoms with Crippen molar-refractivity contribution in [3.8, 4) is 0 Å². The molecule has 2 heterocycles. The number of amides is 1. The summed E-state index contributed by atoms with van der Waals surface area (Å²) in [5.74, 6) is -1.21. The van der Waals surface area contributed by atoms with Gasteiger partial charge in [0, 0.05) is 13.1 Å². The summed E-state index contributed by atoms with van der Waals surface area (Å²) in [6, 6.07) is 0. The largest absolute Gasteiger partial charge is 0.481 e. The van der Waals surface area contributed by atoms with Crippen LogP contribution < -0.4 is 5.73 Å². The van der Waals surface area contributed by atoms with Crippen molar-refractivity contribution in [1.29, 1.82) is 0 Å². The zero-order valence-corrected chi connectivity index (χ0v) is 10.6. The number of rotatable bonds is 3. The molecule has 0 bridgehead atoms. The number of hydrogen-bond acceptors (Lipinski definition) is 6. The maximum absolute atomic E-state index is 12.1. The summed E-state index contributed by atoms with van der Waals surface area (Å²) in [6.07, 6.45) is 1.41. The van der Waals surface area contributed by atoms with Crippen LogP contribution in [0.25, 0.3) is 0 Å². The van der Waals surface area contributed by atoms with Gasteiger partial charge in [0.15, 0.2) is 0 Å². The molecule has 1 saturated heterocycles. The molecule has 3 N–H and O–H groups in total. The molecule has 8 heteroatoms. The van der Waals surface area contributed by atoms with Crippen molar-refractivity contribution >= 4 is 17.7 Å². The van der Waals surface area contributed by atoms with Crippen LogP contribution in [0.4, 0.5) is 5.82 Å². The van der Waals surface area contributed by atoms with Crippen LogP contribution in [0.5, 0.6) is 0 Å². The molecule has 104 valence electrons. The zero-order valence-electron chi connectivity index (χ0n) is 10.6. The minimum absolute atomic E-state index is 0.0145. The van der Waals surface area contributed by atoms with Gasteiger partial charge in [0.25, 0.3) is 5.91 Å². The van der Waals surface area contributed by atoms with Gasteiger partial charge in [0.2, 0.25) is 11.5 Å². The Hall–Kier alpha value is -2.12. The van der Waals surface area contributed by atoms with E-state index in [4.69, 9.17) is 5.73 Å². The Labute approximate surface area is 109 Å². The van der Waals surface area contributed by atoms with Gasteiger partial charge in [0.05, 0.1) is 5.41 Å². The molecule has 2 rings (SSSR count). The number of carbonyl (C=O) groups is 2. The summed E-state index contributed by atoms with van der Waals surface area (Å²) in [5.41, 5.74) is 4.72. The second-order valence-electron chi connectivity index (χ2n) is 4.73. The first-order chi connectivity index (χ1) is 9.00. The molecular formula is C11H16N4O4. The van der Waals surface area contributed by atoms with Crippen molar-refractivity contribution in [2.45, 2.75) is 26.2 Å². The van der Waals surface area contributed by atoms with E-state index < -0.39 is 11.4 Å². The van der Waals surface area contributed by atoms with E-state index in [9.17, 15) is 14.7 Å². The van der Waals surface area contributed by atoms with Gasteiger partial charge in [-0.25, -0.2) is 4.63 Å². The molecule has 0 radical (unpaired) electrons. The van der Waals surface area contributed by atoms with Crippen LogP contribution in [0.2, 0.25) is 0 Å². The second kappa shape index (κ2) is 4.87. The molecule has 1 fully saturated rings. The summed E-state index contributed by atoms with van der Waals surface area (Å²) in [7, 11) is 0. The standard InChI is InChI=1S/C11H16N4O4/c1-2-11(10(17)18)3-5-15(6-4-11)9(16)7-8(12)14-19-13-7/h2-6H2,1H3,(H2,12,14)(H,17,18). The number of nitrogens with two attached hydrogens (primary N) is 1. The molecule has 8 nitrogen and oxygen atoms in total. The van der Waals surface area contributed by atoms with Crippen molar-refractivity contribution in [3.63, 3.8) is 0 Å². The second-order valence-corrected chi connectivity index (χ2v) is 4.73. The van der Waals surface area contributed by atoms with Crippen LogP contribution >= 0.6 is 0 Å². The van der Waals surface area contributed by atoms with E-state index in [1.54, 1.807) is 0 Å². The number of likely N-dealkylation sites (tertiary alicyclic amines) is 1. The van der Waals surface area contributed by atoms with Crippen LogP contribution in [-0.2, 0) is 4.79 Å². The van der Waals surface area contributed by atoms with E-state index in [1.807, 2.05) is 6.92 Å². The molecule has 0 atom stereocenters. The van der Waals surface area contributed by atoms with E-state index in [2.05, 4.69) is 14.9 Å². The quantitative estimate of drug-likeness (QED) is 0.811. The normalized spacial score (nSPS) is 18.3. The summed E-state index contributed by atoms with van der Waals surface area (Å²) < 4.78 is 4.39. The summed E-state index contributed by atoms with van der Waals surface area (Å²) >= 11 is 0. The van der Waals surface area contributed by atoms with Crippen LogP contribution in [0.1, 0.15) is 36.7 Å². The predicted molar refractivity (Wildman–Crippen MR) is 64.2 cm³/mol. The molecule has 0 aromatic carbocycles. The number of carboxylic acids is 1. The molecule has 0 unspecified atom stereocenters. The number of aromatic nitrogens is 2. The van der Waals surface area contributed by atoms with Crippen molar-refractivity contribution in [3.05, 3.63) is 5.69 Å². The lowest BCUT2D eigenvalue weighted by atomic mass is 9.76. The molecule has 1 aliphatic rings. The Balaban J connectivity index is 2.06. The van der Waals surface area contributed by atoms with Gasteiger partial charge in [-0.05, 0) is 29.6 Å². The molecule has 1 aliphatic heterocycles. The van der Waals surface area contributed by atoms with Crippen LogP contribution in [0.15, 0.2) is 4.63 Å². The molecule has 1 aromatic rings.